The Bertz CT molecular complexity index is 844. The molecule has 0 amide bonds. The van der Waals surface area contributed by atoms with E-state index < -0.39 is 0 Å². The van der Waals surface area contributed by atoms with Gasteiger partial charge >= 0.3 is 0 Å². The Balaban J connectivity index is 1.54. The topological polar surface area (TPSA) is 55.0 Å². The van der Waals surface area contributed by atoms with Gasteiger partial charge in [-0.15, -0.1) is 0 Å². The molecule has 6 nitrogen and oxygen atoms in total. The number of fused-ring (bicyclic) bond motifs is 2. The molecule has 0 aromatic heterocycles. The highest BCUT2D eigenvalue weighted by Crippen LogP contribution is 2.49. The van der Waals surface area contributed by atoms with Crippen molar-refractivity contribution in [1.82, 2.24) is 10.2 Å². The van der Waals surface area contributed by atoms with Crippen LogP contribution in [0.4, 0.5) is 5.69 Å². The molecule has 142 valence electrons. The zero-order valence-corrected chi connectivity index (χ0v) is 16.3. The highest BCUT2D eigenvalue weighted by molar-refractivity contribution is 7.80. The second-order valence-electron chi connectivity index (χ2n) is 6.66. The maximum Gasteiger partial charge on any atom is 0.231 e. The van der Waals surface area contributed by atoms with Crippen molar-refractivity contribution in [3.8, 4) is 17.2 Å². The summed E-state index contributed by atoms with van der Waals surface area (Å²) in [5.74, 6) is 2.23. The summed E-state index contributed by atoms with van der Waals surface area (Å²) in [7, 11) is 3.80. The molecule has 1 atom stereocenters. The summed E-state index contributed by atoms with van der Waals surface area (Å²) < 4.78 is 17.0. The van der Waals surface area contributed by atoms with E-state index in [1.165, 1.54) is 5.56 Å². The smallest absolute Gasteiger partial charge is 0.231 e. The summed E-state index contributed by atoms with van der Waals surface area (Å²) in [5.41, 5.74) is 3.35. The lowest BCUT2D eigenvalue weighted by molar-refractivity contribution is 0.170. The van der Waals surface area contributed by atoms with Gasteiger partial charge in [-0.2, -0.15) is 0 Å². The number of nitrogens with zero attached hydrogens (tertiary/aromatic N) is 1. The van der Waals surface area contributed by atoms with Gasteiger partial charge in [0.1, 0.15) is 0 Å². The van der Waals surface area contributed by atoms with Crippen molar-refractivity contribution in [3.05, 3.63) is 47.5 Å². The zero-order chi connectivity index (χ0) is 18.8. The first-order valence-electron chi connectivity index (χ1n) is 8.97. The van der Waals surface area contributed by atoms with E-state index in [9.17, 15) is 0 Å². The molecule has 0 saturated carbocycles. The molecule has 0 saturated heterocycles. The summed E-state index contributed by atoms with van der Waals surface area (Å²) in [6.07, 6.45) is 0.946. The van der Waals surface area contributed by atoms with E-state index in [1.807, 2.05) is 30.3 Å². The van der Waals surface area contributed by atoms with E-state index in [-0.39, 0.29) is 12.8 Å². The molecular weight excluding hydrogens is 362 g/mol. The van der Waals surface area contributed by atoms with E-state index in [1.54, 1.807) is 7.11 Å². The molecular formula is C20H23N3O3S. The van der Waals surface area contributed by atoms with E-state index in [0.717, 1.165) is 35.7 Å². The number of benzene rings is 2. The van der Waals surface area contributed by atoms with E-state index >= 15 is 0 Å². The summed E-state index contributed by atoms with van der Waals surface area (Å²) in [5, 5.41) is 7.16. The van der Waals surface area contributed by atoms with Gasteiger partial charge in [-0.3, -0.25) is 4.90 Å². The van der Waals surface area contributed by atoms with Crippen LogP contribution in [0.5, 0.6) is 17.2 Å². The fourth-order valence-corrected chi connectivity index (χ4v) is 3.87. The Labute approximate surface area is 164 Å². The molecule has 0 bridgehead atoms. The van der Waals surface area contributed by atoms with Gasteiger partial charge in [0, 0.05) is 24.3 Å². The van der Waals surface area contributed by atoms with Gasteiger partial charge in [0.05, 0.1) is 13.2 Å². The molecule has 2 aromatic rings. The number of rotatable bonds is 4. The van der Waals surface area contributed by atoms with Crippen LogP contribution in [0, 0.1) is 0 Å². The molecule has 4 rings (SSSR count). The number of ether oxygens (including phenoxy) is 3. The van der Waals surface area contributed by atoms with E-state index in [4.69, 9.17) is 26.4 Å². The minimum Gasteiger partial charge on any atom is -0.492 e. The Kier molecular flexibility index (Phi) is 5.05. The maximum absolute atomic E-state index is 5.73. The normalized spacial score (nSPS) is 17.9. The van der Waals surface area contributed by atoms with Crippen molar-refractivity contribution in [2.75, 3.05) is 39.4 Å². The lowest BCUT2D eigenvalue weighted by Gasteiger charge is -2.36. The van der Waals surface area contributed by atoms with Gasteiger partial charge in [0.25, 0.3) is 0 Å². The van der Waals surface area contributed by atoms with Gasteiger partial charge in [0.15, 0.2) is 16.6 Å². The molecule has 2 N–H and O–H groups in total. The van der Waals surface area contributed by atoms with Crippen molar-refractivity contribution in [1.29, 1.82) is 0 Å². The predicted octanol–water partition coefficient (Wildman–Crippen LogP) is 2.94. The van der Waals surface area contributed by atoms with Crippen LogP contribution >= 0.6 is 12.2 Å². The van der Waals surface area contributed by atoms with Gasteiger partial charge in [0.2, 0.25) is 12.5 Å². The predicted molar refractivity (Wildman–Crippen MR) is 109 cm³/mol. The third kappa shape index (κ3) is 3.52. The lowest BCUT2D eigenvalue weighted by atomic mass is 9.91. The number of thiocarbonyl (C=S) groups is 1. The second kappa shape index (κ2) is 7.62. The van der Waals surface area contributed by atoms with Crippen molar-refractivity contribution < 1.29 is 14.2 Å². The maximum atomic E-state index is 5.73. The first-order valence-corrected chi connectivity index (χ1v) is 9.37. The van der Waals surface area contributed by atoms with Crippen LogP contribution in [0.25, 0.3) is 0 Å². The van der Waals surface area contributed by atoms with Crippen molar-refractivity contribution in [2.24, 2.45) is 0 Å². The Morgan fingerprint density at radius 3 is 2.89 bits per heavy atom. The molecule has 0 aliphatic carbocycles. The fourth-order valence-electron chi connectivity index (χ4n) is 3.67. The minimum absolute atomic E-state index is 0.119. The molecule has 7 heteroatoms. The Morgan fingerprint density at radius 2 is 2.11 bits per heavy atom. The summed E-state index contributed by atoms with van der Waals surface area (Å²) in [6, 6.07) is 12.1. The van der Waals surface area contributed by atoms with Crippen LogP contribution in [0.1, 0.15) is 17.2 Å². The monoisotopic (exact) mass is 385 g/mol. The van der Waals surface area contributed by atoms with Crippen LogP contribution in [0.15, 0.2) is 36.4 Å². The number of hydrogen-bond donors (Lipinski definition) is 2. The summed E-state index contributed by atoms with van der Waals surface area (Å²) >= 11 is 5.47. The van der Waals surface area contributed by atoms with Gasteiger partial charge < -0.3 is 24.8 Å². The summed E-state index contributed by atoms with van der Waals surface area (Å²) in [6.45, 7) is 1.86. The lowest BCUT2D eigenvalue weighted by Crippen LogP contribution is -2.41. The van der Waals surface area contributed by atoms with Gasteiger partial charge in [-0.1, -0.05) is 18.2 Å². The fraction of sp³-hybridized carbons (Fsp3) is 0.350. The molecule has 0 radical (unpaired) electrons. The molecule has 0 fully saturated rings. The Hall–Kier alpha value is -2.51. The first-order chi connectivity index (χ1) is 13.2. The van der Waals surface area contributed by atoms with Gasteiger partial charge in [-0.05, 0) is 49.4 Å². The highest BCUT2D eigenvalue weighted by Gasteiger charge is 2.33. The number of para-hydroxylation sites is 1. The molecule has 2 aliphatic heterocycles. The molecule has 2 aromatic carbocycles. The molecule has 2 aliphatic rings. The van der Waals surface area contributed by atoms with Crippen molar-refractivity contribution >= 4 is 23.0 Å². The average Bonchev–Trinajstić information content (AvgIpc) is 3.14. The first kappa shape index (κ1) is 17.9. The number of nitrogens with one attached hydrogen (secondary N) is 2. The van der Waals surface area contributed by atoms with Crippen LogP contribution in [-0.2, 0) is 6.42 Å². The van der Waals surface area contributed by atoms with Crippen molar-refractivity contribution in [3.63, 3.8) is 0 Å². The zero-order valence-electron chi connectivity index (χ0n) is 15.5. The standard InChI is InChI=1S/C20H23N3O3S/c1-23-9-8-13-10-16-18(26-12-25-16)19(24-2)17(13)15(23)11-21-20(27)22-14-6-4-3-5-7-14/h3-7,10,15H,8-9,11-12H2,1-2H3,(H2,21,22,27). The van der Waals surface area contributed by atoms with Gasteiger partial charge in [-0.25, -0.2) is 0 Å². The largest absolute Gasteiger partial charge is 0.492 e. The van der Waals surface area contributed by atoms with Crippen LogP contribution in [0.2, 0.25) is 0 Å². The molecule has 1 unspecified atom stereocenters. The third-order valence-corrected chi connectivity index (χ3v) is 5.28. The molecule has 0 spiro atoms. The van der Waals surface area contributed by atoms with Crippen LogP contribution in [-0.4, -0.2) is 44.1 Å². The summed E-state index contributed by atoms with van der Waals surface area (Å²) in [4.78, 5) is 2.31. The molecule has 2 heterocycles. The third-order valence-electron chi connectivity index (χ3n) is 5.03. The van der Waals surface area contributed by atoms with E-state index in [0.29, 0.717) is 17.4 Å². The number of hydrogen-bond acceptors (Lipinski definition) is 5. The van der Waals surface area contributed by atoms with Crippen molar-refractivity contribution in [2.45, 2.75) is 12.5 Å². The van der Waals surface area contributed by atoms with Crippen LogP contribution in [0.3, 0.4) is 0 Å². The molecule has 27 heavy (non-hydrogen) atoms. The Morgan fingerprint density at radius 1 is 1.30 bits per heavy atom. The number of likely N-dealkylation sites (N-methyl/N-ethyl adjacent to an activating group) is 1. The SMILES string of the molecule is COc1c2c(cc3c1C(CNC(=S)Nc1ccccc1)N(C)CC3)OCO2. The number of anilines is 1. The quantitative estimate of drug-likeness (QED) is 0.785. The van der Waals surface area contributed by atoms with Crippen LogP contribution < -0.4 is 24.8 Å². The van der Waals surface area contributed by atoms with E-state index in [2.05, 4.69) is 28.6 Å². The highest BCUT2D eigenvalue weighted by atomic mass is 32.1. The minimum atomic E-state index is 0.119. The number of methoxy groups -OCH3 is 1. The second-order valence-corrected chi connectivity index (χ2v) is 7.07. The average molecular weight is 385 g/mol.